The molecule has 0 aromatic heterocycles. The molecule has 2 aliphatic heterocycles. The first-order valence-electron chi connectivity index (χ1n) is 12.2. The second-order valence-electron chi connectivity index (χ2n) is 9.41. The average Bonchev–Trinajstić information content (AvgIpc) is 3.36. The van der Waals surface area contributed by atoms with Gasteiger partial charge in [-0.25, -0.2) is 0 Å². The molecule has 2 heterocycles. The van der Waals surface area contributed by atoms with Crippen molar-refractivity contribution in [3.05, 3.63) is 106 Å². The van der Waals surface area contributed by atoms with Crippen LogP contribution in [0.25, 0.3) is 0 Å². The Morgan fingerprint density at radius 3 is 2.27 bits per heavy atom. The molecule has 1 amide bonds. The van der Waals surface area contributed by atoms with Crippen molar-refractivity contribution in [2.45, 2.75) is 45.4 Å². The van der Waals surface area contributed by atoms with Crippen LogP contribution in [0.1, 0.15) is 51.0 Å². The molecule has 4 nitrogen and oxygen atoms in total. The third-order valence-electron chi connectivity index (χ3n) is 6.88. The first kappa shape index (κ1) is 21.9. The van der Waals surface area contributed by atoms with Crippen LogP contribution in [0.3, 0.4) is 0 Å². The van der Waals surface area contributed by atoms with Crippen LogP contribution in [0.5, 0.6) is 0 Å². The fourth-order valence-corrected chi connectivity index (χ4v) is 5.03. The maximum Gasteiger partial charge on any atom is 0.251 e. The molecule has 0 bridgehead atoms. The molecule has 1 N–H and O–H groups in total. The number of hydrogen-bond acceptors (Lipinski definition) is 3. The van der Waals surface area contributed by atoms with E-state index in [2.05, 4.69) is 75.8 Å². The smallest absolute Gasteiger partial charge is 0.251 e. The molecular weight excluding hydrogens is 406 g/mol. The minimum absolute atomic E-state index is 0.0154. The SMILES string of the molecule is O=C(NCc1cccc(CN2CCCC2)c1)c1ccc(CN2CCc3ccccc3C2)cc1. The van der Waals surface area contributed by atoms with Crippen LogP contribution in [0.2, 0.25) is 0 Å². The lowest BCUT2D eigenvalue weighted by molar-refractivity contribution is 0.0951. The lowest BCUT2D eigenvalue weighted by atomic mass is 9.99. The third-order valence-corrected chi connectivity index (χ3v) is 6.88. The number of carbonyl (C=O) groups excluding carboxylic acids is 1. The van der Waals surface area contributed by atoms with Gasteiger partial charge in [-0.2, -0.15) is 0 Å². The Hall–Kier alpha value is -2.95. The number of likely N-dealkylation sites (tertiary alicyclic amines) is 1. The number of amides is 1. The zero-order valence-electron chi connectivity index (χ0n) is 19.3. The van der Waals surface area contributed by atoms with E-state index in [9.17, 15) is 4.79 Å². The van der Waals surface area contributed by atoms with E-state index in [1.807, 2.05) is 12.1 Å². The van der Waals surface area contributed by atoms with E-state index in [0.29, 0.717) is 6.54 Å². The highest BCUT2D eigenvalue weighted by Gasteiger charge is 2.16. The summed E-state index contributed by atoms with van der Waals surface area (Å²) in [6.07, 6.45) is 3.72. The fraction of sp³-hybridized carbons (Fsp3) is 0.345. The summed E-state index contributed by atoms with van der Waals surface area (Å²) in [5.74, 6) is -0.0154. The molecule has 3 aromatic carbocycles. The summed E-state index contributed by atoms with van der Waals surface area (Å²) in [6, 6.07) is 25.4. The van der Waals surface area contributed by atoms with Gasteiger partial charge in [0, 0.05) is 38.3 Å². The van der Waals surface area contributed by atoms with Gasteiger partial charge in [-0.1, -0.05) is 60.7 Å². The van der Waals surface area contributed by atoms with Crippen LogP contribution in [-0.4, -0.2) is 35.3 Å². The van der Waals surface area contributed by atoms with E-state index < -0.39 is 0 Å². The molecule has 3 aromatic rings. The van der Waals surface area contributed by atoms with Crippen molar-refractivity contribution in [3.8, 4) is 0 Å². The highest BCUT2D eigenvalue weighted by atomic mass is 16.1. The molecule has 1 fully saturated rings. The topological polar surface area (TPSA) is 35.6 Å². The summed E-state index contributed by atoms with van der Waals surface area (Å²) >= 11 is 0. The Bertz CT molecular complexity index is 1090. The standard InChI is InChI=1S/C29H33N3O/c33-29(30-19-24-6-5-7-25(18-24)21-31-15-3-4-16-31)27-12-10-23(11-13-27)20-32-17-14-26-8-1-2-9-28(26)22-32/h1-2,5-13,18H,3-4,14-17,19-22H2,(H,30,33). The van der Waals surface area contributed by atoms with Crippen LogP contribution in [0.15, 0.2) is 72.8 Å². The second kappa shape index (κ2) is 10.3. The van der Waals surface area contributed by atoms with E-state index in [0.717, 1.165) is 43.7 Å². The second-order valence-corrected chi connectivity index (χ2v) is 9.41. The van der Waals surface area contributed by atoms with Crippen molar-refractivity contribution < 1.29 is 4.79 Å². The number of nitrogens with one attached hydrogen (secondary N) is 1. The summed E-state index contributed by atoms with van der Waals surface area (Å²) < 4.78 is 0. The van der Waals surface area contributed by atoms with Gasteiger partial charge in [0.2, 0.25) is 0 Å². The normalized spacial score (nSPS) is 16.5. The zero-order chi connectivity index (χ0) is 22.5. The number of rotatable bonds is 7. The first-order chi connectivity index (χ1) is 16.2. The van der Waals surface area contributed by atoms with E-state index >= 15 is 0 Å². The first-order valence-corrected chi connectivity index (χ1v) is 12.2. The van der Waals surface area contributed by atoms with Gasteiger partial charge in [-0.15, -0.1) is 0 Å². The minimum Gasteiger partial charge on any atom is -0.348 e. The molecule has 4 heteroatoms. The molecule has 170 valence electrons. The van der Waals surface area contributed by atoms with Crippen LogP contribution < -0.4 is 5.32 Å². The van der Waals surface area contributed by atoms with Crippen LogP contribution >= 0.6 is 0 Å². The molecule has 1 saturated heterocycles. The monoisotopic (exact) mass is 439 g/mol. The molecule has 0 atom stereocenters. The van der Waals surface area contributed by atoms with Crippen molar-refractivity contribution in [1.29, 1.82) is 0 Å². The van der Waals surface area contributed by atoms with E-state index in [1.54, 1.807) is 0 Å². The quantitative estimate of drug-likeness (QED) is 0.576. The molecule has 0 saturated carbocycles. The van der Waals surface area contributed by atoms with Crippen LogP contribution in [0.4, 0.5) is 0 Å². The summed E-state index contributed by atoms with van der Waals surface area (Å²) in [6.45, 7) is 6.95. The van der Waals surface area contributed by atoms with E-state index in [1.165, 1.54) is 48.2 Å². The van der Waals surface area contributed by atoms with E-state index in [-0.39, 0.29) is 5.91 Å². The lowest BCUT2D eigenvalue weighted by Crippen LogP contribution is -2.30. The number of fused-ring (bicyclic) bond motifs is 1. The Labute approximate surface area is 197 Å². The Kier molecular flexibility index (Phi) is 6.84. The van der Waals surface area contributed by atoms with Crippen LogP contribution in [-0.2, 0) is 32.6 Å². The van der Waals surface area contributed by atoms with Crippen molar-refractivity contribution in [2.24, 2.45) is 0 Å². The molecule has 0 aliphatic carbocycles. The zero-order valence-corrected chi connectivity index (χ0v) is 19.3. The predicted molar refractivity (Wildman–Crippen MR) is 133 cm³/mol. The molecule has 0 unspecified atom stereocenters. The van der Waals surface area contributed by atoms with Crippen molar-refractivity contribution in [1.82, 2.24) is 15.1 Å². The highest BCUT2D eigenvalue weighted by Crippen LogP contribution is 2.20. The lowest BCUT2D eigenvalue weighted by Gasteiger charge is -2.28. The average molecular weight is 440 g/mol. The van der Waals surface area contributed by atoms with Gasteiger partial charge in [-0.05, 0) is 72.3 Å². The summed E-state index contributed by atoms with van der Waals surface area (Å²) in [4.78, 5) is 17.7. The van der Waals surface area contributed by atoms with Gasteiger partial charge >= 0.3 is 0 Å². The number of benzene rings is 3. The maximum atomic E-state index is 12.7. The summed E-state index contributed by atoms with van der Waals surface area (Å²) in [7, 11) is 0. The van der Waals surface area contributed by atoms with Gasteiger partial charge in [-0.3, -0.25) is 14.6 Å². The van der Waals surface area contributed by atoms with Gasteiger partial charge < -0.3 is 5.32 Å². The van der Waals surface area contributed by atoms with Crippen LogP contribution in [0, 0.1) is 0 Å². The van der Waals surface area contributed by atoms with Crippen molar-refractivity contribution >= 4 is 5.91 Å². The fourth-order valence-electron chi connectivity index (χ4n) is 5.03. The number of carbonyl (C=O) groups is 1. The van der Waals surface area contributed by atoms with Crippen molar-refractivity contribution in [3.63, 3.8) is 0 Å². The molecular formula is C29H33N3O. The minimum atomic E-state index is -0.0154. The van der Waals surface area contributed by atoms with Gasteiger partial charge in [0.1, 0.15) is 0 Å². The number of hydrogen-bond donors (Lipinski definition) is 1. The Morgan fingerprint density at radius 2 is 1.45 bits per heavy atom. The van der Waals surface area contributed by atoms with Gasteiger partial charge in [0.25, 0.3) is 5.91 Å². The molecule has 2 aliphatic rings. The van der Waals surface area contributed by atoms with E-state index in [4.69, 9.17) is 0 Å². The molecule has 33 heavy (non-hydrogen) atoms. The maximum absolute atomic E-state index is 12.7. The largest absolute Gasteiger partial charge is 0.348 e. The molecule has 0 spiro atoms. The summed E-state index contributed by atoms with van der Waals surface area (Å²) in [5, 5.41) is 3.08. The number of nitrogens with zero attached hydrogens (tertiary/aromatic N) is 2. The highest BCUT2D eigenvalue weighted by molar-refractivity contribution is 5.94. The van der Waals surface area contributed by atoms with Gasteiger partial charge in [0.15, 0.2) is 0 Å². The molecule has 0 radical (unpaired) electrons. The Balaban J connectivity index is 1.13. The summed E-state index contributed by atoms with van der Waals surface area (Å²) in [5.41, 5.74) is 7.36. The van der Waals surface area contributed by atoms with Gasteiger partial charge in [0.05, 0.1) is 0 Å². The predicted octanol–water partition coefficient (Wildman–Crippen LogP) is 4.77. The van der Waals surface area contributed by atoms with Crippen molar-refractivity contribution in [2.75, 3.05) is 19.6 Å². The third kappa shape index (κ3) is 5.70. The molecule has 5 rings (SSSR count). The Morgan fingerprint density at radius 1 is 0.727 bits per heavy atom.